The highest BCUT2D eigenvalue weighted by atomic mass is 16.3. The molecule has 0 spiro atoms. The average molecular weight is 627 g/mol. The molecule has 0 bridgehead atoms. The van der Waals surface area contributed by atoms with Gasteiger partial charge in [-0.25, -0.2) is 0 Å². The second-order valence-electron chi connectivity index (χ2n) is 14.0. The van der Waals surface area contributed by atoms with Crippen LogP contribution in [-0.2, 0) is 6.42 Å². The summed E-state index contributed by atoms with van der Waals surface area (Å²) in [5, 5.41) is 20.3. The van der Waals surface area contributed by atoms with Gasteiger partial charge < -0.3 is 14.6 Å². The van der Waals surface area contributed by atoms with E-state index in [4.69, 9.17) is 4.42 Å². The van der Waals surface area contributed by atoms with Crippen molar-refractivity contribution in [1.29, 1.82) is 0 Å². The summed E-state index contributed by atoms with van der Waals surface area (Å²) >= 11 is 0. The molecule has 4 heteroatoms. The second kappa shape index (κ2) is 26.1. The monoisotopic (exact) mass is 627 g/mol. The zero-order valence-electron chi connectivity index (χ0n) is 29.6. The van der Waals surface area contributed by atoms with Gasteiger partial charge in [-0.2, -0.15) is 0 Å². The minimum absolute atomic E-state index is 0.0546. The fraction of sp³-hybridized carbons (Fsp3) is 0.780. The molecule has 0 amide bonds. The van der Waals surface area contributed by atoms with Gasteiger partial charge in [-0.3, -0.25) is 4.79 Å². The molecule has 2 rings (SSSR count). The predicted octanol–water partition coefficient (Wildman–Crippen LogP) is 13.4. The molecule has 1 aromatic carbocycles. The van der Waals surface area contributed by atoms with Crippen molar-refractivity contribution in [3.63, 3.8) is 0 Å². The van der Waals surface area contributed by atoms with E-state index in [9.17, 15) is 15.0 Å². The fourth-order valence-corrected chi connectivity index (χ4v) is 6.71. The van der Waals surface area contributed by atoms with Crippen LogP contribution in [0.25, 0.3) is 11.0 Å². The van der Waals surface area contributed by atoms with Crippen LogP contribution < -0.4 is 5.43 Å². The molecule has 0 fully saturated rings. The van der Waals surface area contributed by atoms with Gasteiger partial charge in [0.25, 0.3) is 0 Å². The number of phenols is 2. The van der Waals surface area contributed by atoms with E-state index in [0.29, 0.717) is 17.7 Å². The predicted molar refractivity (Wildman–Crippen MR) is 194 cm³/mol. The lowest BCUT2D eigenvalue weighted by atomic mass is 10.0. The van der Waals surface area contributed by atoms with Gasteiger partial charge in [0.1, 0.15) is 28.2 Å². The lowest BCUT2D eigenvalue weighted by Gasteiger charge is -2.08. The number of aromatic hydroxyl groups is 2. The van der Waals surface area contributed by atoms with Gasteiger partial charge >= 0.3 is 0 Å². The molecular weight excluding hydrogens is 556 g/mol. The Morgan fingerprint density at radius 3 is 1.20 bits per heavy atom. The third-order valence-corrected chi connectivity index (χ3v) is 9.80. The lowest BCUT2D eigenvalue weighted by Crippen LogP contribution is -2.03. The fourth-order valence-electron chi connectivity index (χ4n) is 6.71. The van der Waals surface area contributed by atoms with Crippen molar-refractivity contribution in [3.8, 4) is 11.5 Å². The second-order valence-corrected chi connectivity index (χ2v) is 14.0. The first-order valence-corrected chi connectivity index (χ1v) is 19.5. The Kier molecular flexibility index (Phi) is 22.8. The number of unbranched alkanes of at least 4 members (excludes halogenated alkanes) is 28. The largest absolute Gasteiger partial charge is 0.507 e. The van der Waals surface area contributed by atoms with Gasteiger partial charge in [-0.05, 0) is 13.3 Å². The summed E-state index contributed by atoms with van der Waals surface area (Å²) in [5.74, 6) is 0.382. The quantitative estimate of drug-likeness (QED) is 0.0846. The number of hydrogen-bond acceptors (Lipinski definition) is 4. The van der Waals surface area contributed by atoms with E-state index in [-0.39, 0.29) is 27.9 Å². The number of phenolic OH excluding ortho intramolecular Hbond substituents is 2. The molecule has 0 aliphatic carbocycles. The van der Waals surface area contributed by atoms with Crippen LogP contribution in [0.3, 0.4) is 0 Å². The van der Waals surface area contributed by atoms with E-state index < -0.39 is 0 Å². The molecule has 0 atom stereocenters. The normalized spacial score (nSPS) is 11.6. The first-order chi connectivity index (χ1) is 22.0. The van der Waals surface area contributed by atoms with E-state index in [0.717, 1.165) is 12.8 Å². The molecule has 0 saturated heterocycles. The Balaban J connectivity index is 1.27. The molecule has 1 aromatic heterocycles. The summed E-state index contributed by atoms with van der Waals surface area (Å²) in [6.07, 6.45) is 41.1. The highest BCUT2D eigenvalue weighted by molar-refractivity contribution is 5.86. The SMILES string of the molecule is CCCCCCCCCCCCCCCCCCCCCCCCCCCCCCCc1cc(=O)c2c(O)c(C)c(O)cc2o1. The smallest absolute Gasteiger partial charge is 0.196 e. The standard InChI is InChI=1S/C41H70O4/c1-3-4-5-6-7-8-9-10-11-12-13-14-15-16-17-18-19-20-21-22-23-24-25-26-27-28-29-30-31-32-36-33-38(43)40-39(45-36)34-37(42)35(2)41(40)44/h33-34,42,44H,3-32H2,1-2H3. The van der Waals surface area contributed by atoms with Gasteiger partial charge in [0.15, 0.2) is 5.43 Å². The number of aryl methyl sites for hydroxylation is 1. The maximum atomic E-state index is 12.4. The van der Waals surface area contributed by atoms with Gasteiger partial charge in [0.05, 0.1) is 0 Å². The van der Waals surface area contributed by atoms with E-state index in [1.54, 1.807) is 6.92 Å². The summed E-state index contributed by atoms with van der Waals surface area (Å²) in [6, 6.07) is 2.91. The Hall–Kier alpha value is -1.97. The van der Waals surface area contributed by atoms with Crippen molar-refractivity contribution in [2.24, 2.45) is 0 Å². The van der Waals surface area contributed by atoms with Gasteiger partial charge in [0, 0.05) is 24.1 Å². The summed E-state index contributed by atoms with van der Waals surface area (Å²) in [6.45, 7) is 3.88. The molecule has 2 N–H and O–H groups in total. The highest BCUT2D eigenvalue weighted by Crippen LogP contribution is 2.33. The molecular formula is C41H70O4. The first-order valence-electron chi connectivity index (χ1n) is 19.5. The van der Waals surface area contributed by atoms with Crippen molar-refractivity contribution in [3.05, 3.63) is 33.7 Å². The van der Waals surface area contributed by atoms with E-state index in [1.807, 2.05) is 0 Å². The third kappa shape index (κ3) is 18.1. The van der Waals surface area contributed by atoms with Crippen molar-refractivity contribution in [2.75, 3.05) is 0 Å². The van der Waals surface area contributed by atoms with Crippen LogP contribution in [0.4, 0.5) is 0 Å². The number of fused-ring (bicyclic) bond motifs is 1. The molecule has 0 saturated carbocycles. The zero-order valence-corrected chi connectivity index (χ0v) is 29.6. The van der Waals surface area contributed by atoms with Crippen molar-refractivity contribution in [1.82, 2.24) is 0 Å². The molecule has 0 aliphatic heterocycles. The summed E-state index contributed by atoms with van der Waals surface area (Å²) in [7, 11) is 0. The summed E-state index contributed by atoms with van der Waals surface area (Å²) in [4.78, 5) is 12.4. The molecule has 2 aromatic rings. The van der Waals surface area contributed by atoms with Gasteiger partial charge in [-0.1, -0.05) is 187 Å². The maximum Gasteiger partial charge on any atom is 0.196 e. The van der Waals surface area contributed by atoms with Crippen LogP contribution in [0.5, 0.6) is 11.5 Å². The number of hydrogen-bond donors (Lipinski definition) is 2. The highest BCUT2D eigenvalue weighted by Gasteiger charge is 2.14. The van der Waals surface area contributed by atoms with E-state index in [2.05, 4.69) is 6.92 Å². The van der Waals surface area contributed by atoms with Gasteiger partial charge in [0.2, 0.25) is 0 Å². The molecule has 45 heavy (non-hydrogen) atoms. The third-order valence-electron chi connectivity index (χ3n) is 9.80. The number of benzene rings is 1. The van der Waals surface area contributed by atoms with Gasteiger partial charge in [-0.15, -0.1) is 0 Å². The first kappa shape index (κ1) is 39.2. The molecule has 0 radical (unpaired) electrons. The van der Waals surface area contributed by atoms with Crippen LogP contribution in [0.2, 0.25) is 0 Å². The average Bonchev–Trinajstić information content (AvgIpc) is 3.02. The Bertz CT molecular complexity index is 1060. The van der Waals surface area contributed by atoms with Crippen molar-refractivity contribution < 1.29 is 14.6 Å². The van der Waals surface area contributed by atoms with E-state index in [1.165, 1.54) is 185 Å². The zero-order chi connectivity index (χ0) is 32.4. The molecule has 1 heterocycles. The summed E-state index contributed by atoms with van der Waals surface area (Å²) < 4.78 is 5.80. The molecule has 0 aliphatic rings. The van der Waals surface area contributed by atoms with Crippen LogP contribution in [-0.4, -0.2) is 10.2 Å². The Morgan fingerprint density at radius 2 is 0.844 bits per heavy atom. The number of rotatable bonds is 30. The Labute approximate surface area is 276 Å². The van der Waals surface area contributed by atoms with E-state index >= 15 is 0 Å². The van der Waals surface area contributed by atoms with Crippen LogP contribution in [0.15, 0.2) is 21.3 Å². The summed E-state index contributed by atoms with van der Waals surface area (Å²) in [5.41, 5.74) is 0.314. The van der Waals surface area contributed by atoms with Crippen LogP contribution >= 0.6 is 0 Å². The molecule has 4 nitrogen and oxygen atoms in total. The van der Waals surface area contributed by atoms with Crippen molar-refractivity contribution >= 4 is 11.0 Å². The maximum absolute atomic E-state index is 12.4. The van der Waals surface area contributed by atoms with Crippen LogP contribution in [0, 0.1) is 6.92 Å². The van der Waals surface area contributed by atoms with Crippen molar-refractivity contribution in [2.45, 2.75) is 206 Å². The topological polar surface area (TPSA) is 70.7 Å². The molecule has 258 valence electrons. The minimum atomic E-state index is -0.248. The lowest BCUT2D eigenvalue weighted by molar-refractivity contribution is 0.442. The van der Waals surface area contributed by atoms with Crippen LogP contribution in [0.1, 0.15) is 204 Å². The Morgan fingerprint density at radius 1 is 0.511 bits per heavy atom. The minimum Gasteiger partial charge on any atom is -0.507 e. The molecule has 0 unspecified atom stereocenters.